The summed E-state index contributed by atoms with van der Waals surface area (Å²) in [6.45, 7) is 2.09. The minimum absolute atomic E-state index is 1.19. The minimum Gasteiger partial charge on any atom is -0.230 e. The van der Waals surface area contributed by atoms with Gasteiger partial charge in [0.25, 0.3) is 0 Å². The van der Waals surface area contributed by atoms with Crippen LogP contribution >= 0.6 is 15.9 Å². The lowest BCUT2D eigenvalue weighted by atomic mass is 10.7. The fraction of sp³-hybridized carbons (Fsp3) is 0.333. The third-order valence-electron chi connectivity index (χ3n) is 0.499. The Labute approximate surface area is 40.3 Å². The Morgan fingerprint density at radius 1 is 1.83 bits per heavy atom. The SMILES string of the molecule is CC1=C[N]P=P1. The van der Waals surface area contributed by atoms with Crippen molar-refractivity contribution in [1.29, 1.82) is 0 Å². The smallest absolute Gasteiger partial charge is 0.0695 e. The maximum absolute atomic E-state index is 3.96. The zero-order chi connectivity index (χ0) is 4.41. The summed E-state index contributed by atoms with van der Waals surface area (Å²) in [6.07, 6.45) is 1.92. The van der Waals surface area contributed by atoms with Crippen LogP contribution in [0, 0.1) is 0 Å². The Balaban J connectivity index is 2.68. The van der Waals surface area contributed by atoms with E-state index in [1.165, 1.54) is 21.2 Å². The first kappa shape index (κ1) is 4.30. The standard InChI is InChI=1S/C3H4NP2/c1-3-2-4-6-5-3/h2H,1H3. The van der Waals surface area contributed by atoms with Gasteiger partial charge in [0.05, 0.1) is 8.02 Å². The summed E-state index contributed by atoms with van der Waals surface area (Å²) >= 11 is 0. The Hall–Kier alpha value is 0.140. The average molecular weight is 116 g/mol. The third kappa shape index (κ3) is 0.801. The molecule has 6 heavy (non-hydrogen) atoms. The molecular formula is C3H4NP2. The predicted octanol–water partition coefficient (Wildman–Crippen LogP) is 2.19. The number of nitrogens with zero attached hydrogens (tertiary/aromatic N) is 1. The molecule has 0 aliphatic carbocycles. The first-order valence-electron chi connectivity index (χ1n) is 1.67. The van der Waals surface area contributed by atoms with Crippen LogP contribution in [-0.4, -0.2) is 0 Å². The van der Waals surface area contributed by atoms with E-state index < -0.39 is 0 Å². The molecule has 0 aromatic heterocycles. The van der Waals surface area contributed by atoms with E-state index in [-0.39, 0.29) is 0 Å². The molecule has 0 atom stereocenters. The zero-order valence-corrected chi connectivity index (χ0v) is 5.21. The molecule has 0 fully saturated rings. The van der Waals surface area contributed by atoms with E-state index in [1.54, 1.807) is 0 Å². The molecule has 1 nitrogen and oxygen atoms in total. The molecule has 0 saturated heterocycles. The Bertz CT molecular complexity index is 103. The van der Waals surface area contributed by atoms with Crippen LogP contribution in [0.4, 0.5) is 0 Å². The van der Waals surface area contributed by atoms with E-state index in [4.69, 9.17) is 0 Å². The highest BCUT2D eigenvalue weighted by Gasteiger charge is 1.87. The largest absolute Gasteiger partial charge is 0.230 e. The number of hydrogen-bond acceptors (Lipinski definition) is 0. The van der Waals surface area contributed by atoms with E-state index in [0.29, 0.717) is 0 Å². The highest BCUT2D eigenvalue weighted by molar-refractivity contribution is 7.85. The molecule has 0 spiro atoms. The Kier molecular flexibility index (Phi) is 1.24. The van der Waals surface area contributed by atoms with Crippen molar-refractivity contribution in [3.63, 3.8) is 0 Å². The molecule has 1 rings (SSSR count). The quantitative estimate of drug-likeness (QED) is 0.430. The van der Waals surface area contributed by atoms with Crippen LogP contribution in [0.2, 0.25) is 0 Å². The lowest BCUT2D eigenvalue weighted by Gasteiger charge is -1.69. The lowest BCUT2D eigenvalue weighted by molar-refractivity contribution is 1.37. The molecule has 0 bridgehead atoms. The van der Waals surface area contributed by atoms with Gasteiger partial charge >= 0.3 is 0 Å². The maximum Gasteiger partial charge on any atom is 0.0695 e. The van der Waals surface area contributed by atoms with Crippen molar-refractivity contribution in [2.24, 2.45) is 0 Å². The van der Waals surface area contributed by atoms with Crippen molar-refractivity contribution < 1.29 is 0 Å². The molecule has 0 amide bonds. The van der Waals surface area contributed by atoms with Gasteiger partial charge in [-0.25, -0.2) is 5.09 Å². The van der Waals surface area contributed by atoms with Gasteiger partial charge in [0, 0.05) is 11.5 Å². The molecule has 0 aromatic rings. The van der Waals surface area contributed by atoms with Gasteiger partial charge in [-0.05, 0) is 14.8 Å². The molecule has 1 radical (unpaired) electrons. The molecule has 1 aliphatic rings. The third-order valence-corrected chi connectivity index (χ3v) is 2.76. The van der Waals surface area contributed by atoms with Gasteiger partial charge in [-0.1, -0.05) is 0 Å². The fourth-order valence-electron chi connectivity index (χ4n) is 0.232. The molecular weight excluding hydrogens is 112 g/mol. The van der Waals surface area contributed by atoms with Gasteiger partial charge in [0.2, 0.25) is 0 Å². The number of rotatable bonds is 0. The van der Waals surface area contributed by atoms with Crippen LogP contribution in [0.1, 0.15) is 6.92 Å². The lowest BCUT2D eigenvalue weighted by Crippen LogP contribution is -1.63. The van der Waals surface area contributed by atoms with Crippen molar-refractivity contribution in [2.75, 3.05) is 0 Å². The van der Waals surface area contributed by atoms with Crippen LogP contribution < -0.4 is 5.09 Å². The molecule has 31 valence electrons. The summed E-state index contributed by atoms with van der Waals surface area (Å²) in [7, 11) is 2.55. The fourth-order valence-corrected chi connectivity index (χ4v) is 1.74. The summed E-state index contributed by atoms with van der Waals surface area (Å²) < 4.78 is 0. The first-order chi connectivity index (χ1) is 2.89. The summed E-state index contributed by atoms with van der Waals surface area (Å²) in [4.78, 5) is 0. The monoisotopic (exact) mass is 116 g/mol. The van der Waals surface area contributed by atoms with Gasteiger partial charge in [-0.15, -0.1) is 0 Å². The van der Waals surface area contributed by atoms with E-state index in [2.05, 4.69) is 12.0 Å². The van der Waals surface area contributed by atoms with E-state index in [0.717, 1.165) is 0 Å². The van der Waals surface area contributed by atoms with Crippen LogP contribution in [0.15, 0.2) is 11.5 Å². The van der Waals surface area contributed by atoms with Crippen LogP contribution in [0.5, 0.6) is 0 Å². The average Bonchev–Trinajstić information content (AvgIpc) is 1.86. The normalized spacial score (nSPS) is 22.5. The van der Waals surface area contributed by atoms with Crippen molar-refractivity contribution in [3.05, 3.63) is 11.5 Å². The van der Waals surface area contributed by atoms with Crippen molar-refractivity contribution in [3.8, 4) is 0 Å². The second-order valence-electron chi connectivity index (χ2n) is 1.08. The zero-order valence-electron chi connectivity index (χ0n) is 3.42. The van der Waals surface area contributed by atoms with E-state index >= 15 is 0 Å². The predicted molar refractivity (Wildman–Crippen MR) is 29.7 cm³/mol. The van der Waals surface area contributed by atoms with Crippen molar-refractivity contribution in [1.82, 2.24) is 5.09 Å². The Morgan fingerprint density at radius 3 is 2.83 bits per heavy atom. The van der Waals surface area contributed by atoms with Crippen LogP contribution in [0.3, 0.4) is 0 Å². The first-order valence-corrected chi connectivity index (χ1v) is 4.12. The molecule has 1 aliphatic heterocycles. The number of allylic oxidation sites excluding steroid dienone is 1. The number of hydrogen-bond donors (Lipinski definition) is 0. The topological polar surface area (TPSA) is 14.1 Å². The maximum atomic E-state index is 3.96. The minimum atomic E-state index is 1.19. The van der Waals surface area contributed by atoms with Crippen LogP contribution in [-0.2, 0) is 0 Å². The van der Waals surface area contributed by atoms with Gasteiger partial charge in [0.1, 0.15) is 0 Å². The Morgan fingerprint density at radius 2 is 2.67 bits per heavy atom. The molecule has 0 unspecified atom stereocenters. The van der Waals surface area contributed by atoms with Crippen LogP contribution in [0.25, 0.3) is 0 Å². The molecule has 3 heteroatoms. The second kappa shape index (κ2) is 1.73. The van der Waals surface area contributed by atoms with E-state index in [1.807, 2.05) is 6.20 Å². The van der Waals surface area contributed by atoms with E-state index in [9.17, 15) is 0 Å². The summed E-state index contributed by atoms with van der Waals surface area (Å²) in [5, 5.41) is 5.33. The summed E-state index contributed by atoms with van der Waals surface area (Å²) in [5.41, 5.74) is 0. The van der Waals surface area contributed by atoms with Crippen molar-refractivity contribution in [2.45, 2.75) is 6.92 Å². The van der Waals surface area contributed by atoms with Gasteiger partial charge in [-0.2, -0.15) is 0 Å². The van der Waals surface area contributed by atoms with Gasteiger partial charge in [0.15, 0.2) is 0 Å². The second-order valence-corrected chi connectivity index (χ2v) is 3.53. The molecule has 0 N–H and O–H groups in total. The van der Waals surface area contributed by atoms with Gasteiger partial charge < -0.3 is 0 Å². The molecule has 0 aromatic carbocycles. The highest BCUT2D eigenvalue weighted by atomic mass is 31.7. The highest BCUT2D eigenvalue weighted by Crippen LogP contribution is 2.28. The van der Waals surface area contributed by atoms with Crippen molar-refractivity contribution >= 4 is 15.9 Å². The molecule has 0 saturated carbocycles. The summed E-state index contributed by atoms with van der Waals surface area (Å²) in [5.74, 6) is 0. The molecule has 1 heterocycles. The summed E-state index contributed by atoms with van der Waals surface area (Å²) in [6, 6.07) is 0. The van der Waals surface area contributed by atoms with Gasteiger partial charge in [-0.3, -0.25) is 0 Å².